The van der Waals surface area contributed by atoms with Crippen LogP contribution in [0.1, 0.15) is 44.3 Å². The highest BCUT2D eigenvalue weighted by atomic mass is 79.9. The maximum absolute atomic E-state index is 11.7. The van der Waals surface area contributed by atoms with Gasteiger partial charge in [-0.2, -0.15) is 5.10 Å². The number of amides is 1. The van der Waals surface area contributed by atoms with Crippen LogP contribution in [0.3, 0.4) is 0 Å². The molecule has 1 atom stereocenters. The molecule has 0 aromatic carbocycles. The molecule has 0 bridgehead atoms. The van der Waals surface area contributed by atoms with Crippen molar-refractivity contribution >= 4 is 28.0 Å². The molecule has 7 nitrogen and oxygen atoms in total. The summed E-state index contributed by atoms with van der Waals surface area (Å²) in [6.07, 6.45) is 0.303. The molecule has 0 radical (unpaired) electrons. The van der Waals surface area contributed by atoms with Crippen molar-refractivity contribution in [2.75, 3.05) is 7.11 Å². The summed E-state index contributed by atoms with van der Waals surface area (Å²) < 4.78 is 11.7. The molecule has 0 saturated carbocycles. The van der Waals surface area contributed by atoms with Crippen molar-refractivity contribution in [2.45, 2.75) is 39.5 Å². The number of carbonyl (C=O) groups is 2. The summed E-state index contributed by atoms with van der Waals surface area (Å²) in [5.41, 5.74) is -0.379. The molecular formula is C12H18BrN3O4. The van der Waals surface area contributed by atoms with E-state index < -0.39 is 23.8 Å². The Kier molecular flexibility index (Phi) is 5.15. The van der Waals surface area contributed by atoms with Gasteiger partial charge in [-0.05, 0) is 43.6 Å². The van der Waals surface area contributed by atoms with E-state index in [0.717, 1.165) is 0 Å². The molecule has 1 aromatic rings. The molecule has 0 spiro atoms. The molecule has 8 heteroatoms. The van der Waals surface area contributed by atoms with Crippen LogP contribution in [0, 0.1) is 0 Å². The van der Waals surface area contributed by atoms with E-state index in [1.54, 1.807) is 27.7 Å². The number of aromatic nitrogens is 2. The Hall–Kier alpha value is -1.57. The first-order valence-corrected chi connectivity index (χ1v) is 6.76. The van der Waals surface area contributed by atoms with Crippen molar-refractivity contribution in [3.05, 3.63) is 16.4 Å². The molecule has 0 fully saturated rings. The fourth-order valence-corrected chi connectivity index (χ4v) is 1.90. The van der Waals surface area contributed by atoms with Crippen LogP contribution < -0.4 is 5.32 Å². The lowest BCUT2D eigenvalue weighted by Crippen LogP contribution is -2.37. The number of rotatable bonds is 3. The van der Waals surface area contributed by atoms with E-state index >= 15 is 0 Å². The monoisotopic (exact) mass is 347 g/mol. The third-order valence-electron chi connectivity index (χ3n) is 2.22. The molecule has 1 amide bonds. The van der Waals surface area contributed by atoms with E-state index in [2.05, 4.69) is 31.1 Å². The molecule has 0 aliphatic rings. The maximum atomic E-state index is 11.7. The Bertz CT molecular complexity index is 507. The summed E-state index contributed by atoms with van der Waals surface area (Å²) >= 11 is 3.21. The van der Waals surface area contributed by atoms with Crippen LogP contribution in [0.2, 0.25) is 0 Å². The minimum atomic E-state index is -0.598. The summed E-state index contributed by atoms with van der Waals surface area (Å²) in [6, 6.07) is 0. The van der Waals surface area contributed by atoms with Crippen LogP contribution in [0.15, 0.2) is 10.7 Å². The molecule has 1 heterocycles. The second kappa shape index (κ2) is 6.25. The number of hydrogen-bond acceptors (Lipinski definition) is 5. The zero-order valence-corrected chi connectivity index (χ0v) is 13.6. The normalized spacial score (nSPS) is 12.7. The summed E-state index contributed by atoms with van der Waals surface area (Å²) in [5.74, 6) is -0.549. The Morgan fingerprint density at radius 3 is 2.55 bits per heavy atom. The number of methoxy groups -OCH3 is 1. The van der Waals surface area contributed by atoms with E-state index in [1.165, 1.54) is 18.0 Å². The third kappa shape index (κ3) is 4.22. The molecule has 0 unspecified atom stereocenters. The van der Waals surface area contributed by atoms with Crippen molar-refractivity contribution in [1.82, 2.24) is 15.1 Å². The SMILES string of the molecule is COC(=O)c1c(Br)cnn1[C@@H](C)NC(=O)OC(C)(C)C. The van der Waals surface area contributed by atoms with Crippen molar-refractivity contribution in [2.24, 2.45) is 0 Å². The fraction of sp³-hybridized carbons (Fsp3) is 0.583. The predicted molar refractivity (Wildman–Crippen MR) is 75.3 cm³/mol. The van der Waals surface area contributed by atoms with E-state index in [9.17, 15) is 9.59 Å². The minimum Gasteiger partial charge on any atom is -0.464 e. The Labute approximate surface area is 125 Å². The largest absolute Gasteiger partial charge is 0.464 e. The van der Waals surface area contributed by atoms with Gasteiger partial charge in [0.1, 0.15) is 11.8 Å². The van der Waals surface area contributed by atoms with Crippen molar-refractivity contribution in [1.29, 1.82) is 0 Å². The Morgan fingerprint density at radius 2 is 2.05 bits per heavy atom. The number of hydrogen-bond donors (Lipinski definition) is 1. The first-order valence-electron chi connectivity index (χ1n) is 5.96. The van der Waals surface area contributed by atoms with Crippen LogP contribution in [-0.2, 0) is 9.47 Å². The fourth-order valence-electron chi connectivity index (χ4n) is 1.46. The number of halogens is 1. The smallest absolute Gasteiger partial charge is 0.409 e. The maximum Gasteiger partial charge on any atom is 0.409 e. The number of nitrogens with one attached hydrogen (secondary N) is 1. The van der Waals surface area contributed by atoms with Gasteiger partial charge in [0.2, 0.25) is 0 Å². The zero-order chi connectivity index (χ0) is 15.5. The van der Waals surface area contributed by atoms with E-state index in [4.69, 9.17) is 4.74 Å². The second-order valence-electron chi connectivity index (χ2n) is 5.10. The first-order chi connectivity index (χ1) is 9.15. The van der Waals surface area contributed by atoms with E-state index in [-0.39, 0.29) is 5.69 Å². The highest BCUT2D eigenvalue weighted by Gasteiger charge is 2.24. The van der Waals surface area contributed by atoms with Gasteiger partial charge in [0.15, 0.2) is 5.69 Å². The van der Waals surface area contributed by atoms with Crippen LogP contribution in [0.25, 0.3) is 0 Å². The van der Waals surface area contributed by atoms with Gasteiger partial charge in [0.05, 0.1) is 17.8 Å². The predicted octanol–water partition coefficient (Wildman–Crippen LogP) is 2.48. The minimum absolute atomic E-state index is 0.219. The first kappa shape index (κ1) is 16.5. The molecule has 112 valence electrons. The summed E-state index contributed by atoms with van der Waals surface area (Å²) in [5, 5.41) is 6.63. The Morgan fingerprint density at radius 1 is 1.45 bits per heavy atom. The molecule has 1 N–H and O–H groups in total. The number of esters is 1. The summed E-state index contributed by atoms with van der Waals surface area (Å²) in [6.45, 7) is 6.97. The molecule has 20 heavy (non-hydrogen) atoms. The quantitative estimate of drug-likeness (QED) is 0.849. The van der Waals surface area contributed by atoms with Crippen LogP contribution in [-0.4, -0.2) is 34.6 Å². The second-order valence-corrected chi connectivity index (χ2v) is 5.95. The van der Waals surface area contributed by atoms with Gasteiger partial charge in [0.25, 0.3) is 0 Å². The molecule has 0 aliphatic carbocycles. The van der Waals surface area contributed by atoms with E-state index in [0.29, 0.717) is 4.47 Å². The van der Waals surface area contributed by atoms with Crippen LogP contribution in [0.4, 0.5) is 4.79 Å². The summed E-state index contributed by atoms with van der Waals surface area (Å²) in [4.78, 5) is 23.4. The highest BCUT2D eigenvalue weighted by molar-refractivity contribution is 9.10. The van der Waals surface area contributed by atoms with Gasteiger partial charge >= 0.3 is 12.1 Å². The zero-order valence-electron chi connectivity index (χ0n) is 12.1. The molecular weight excluding hydrogens is 330 g/mol. The van der Waals surface area contributed by atoms with Gasteiger partial charge in [-0.1, -0.05) is 0 Å². The lowest BCUT2D eigenvalue weighted by atomic mass is 10.2. The molecule has 1 aromatic heterocycles. The topological polar surface area (TPSA) is 82.5 Å². The van der Waals surface area contributed by atoms with Gasteiger partial charge in [-0.3, -0.25) is 5.32 Å². The number of nitrogens with zero attached hydrogens (tertiary/aromatic N) is 2. The number of carbonyl (C=O) groups excluding carboxylic acids is 2. The van der Waals surface area contributed by atoms with Crippen LogP contribution >= 0.6 is 15.9 Å². The summed E-state index contributed by atoms with van der Waals surface area (Å²) in [7, 11) is 1.28. The standard InChI is InChI=1S/C12H18BrN3O4/c1-7(15-11(18)20-12(2,3)4)16-9(10(17)19-5)8(13)6-14-16/h6-7H,1-5H3,(H,15,18)/t7-/m0/s1. The van der Waals surface area contributed by atoms with E-state index in [1.807, 2.05) is 0 Å². The number of ether oxygens (including phenoxy) is 2. The molecule has 1 rings (SSSR count). The van der Waals surface area contributed by atoms with Crippen molar-refractivity contribution in [3.8, 4) is 0 Å². The van der Waals surface area contributed by atoms with Gasteiger partial charge in [-0.25, -0.2) is 14.3 Å². The van der Waals surface area contributed by atoms with Crippen molar-refractivity contribution < 1.29 is 19.1 Å². The van der Waals surface area contributed by atoms with Gasteiger partial charge < -0.3 is 9.47 Å². The van der Waals surface area contributed by atoms with Gasteiger partial charge in [-0.15, -0.1) is 0 Å². The Balaban J connectivity index is 2.86. The number of alkyl carbamates (subject to hydrolysis) is 1. The van der Waals surface area contributed by atoms with Gasteiger partial charge in [0, 0.05) is 0 Å². The molecule has 0 aliphatic heterocycles. The highest BCUT2D eigenvalue weighted by Crippen LogP contribution is 2.20. The lowest BCUT2D eigenvalue weighted by molar-refractivity contribution is 0.0468. The lowest BCUT2D eigenvalue weighted by Gasteiger charge is -2.22. The van der Waals surface area contributed by atoms with Crippen LogP contribution in [0.5, 0.6) is 0 Å². The average molecular weight is 348 g/mol. The third-order valence-corrected chi connectivity index (χ3v) is 2.80. The van der Waals surface area contributed by atoms with Crippen molar-refractivity contribution in [3.63, 3.8) is 0 Å². The molecule has 0 saturated heterocycles. The average Bonchev–Trinajstić information content (AvgIpc) is 2.67.